The highest BCUT2D eigenvalue weighted by atomic mass is 32.2. The van der Waals surface area contributed by atoms with Gasteiger partial charge in [0.1, 0.15) is 0 Å². The number of hydrogen-bond donors (Lipinski definition) is 1. The van der Waals surface area contributed by atoms with Crippen molar-refractivity contribution in [2.75, 3.05) is 13.1 Å². The van der Waals surface area contributed by atoms with Crippen LogP contribution in [0.5, 0.6) is 0 Å². The van der Waals surface area contributed by atoms with Crippen molar-refractivity contribution in [1.29, 1.82) is 0 Å². The average Bonchev–Trinajstić information content (AvgIpc) is 2.38. The van der Waals surface area contributed by atoms with Crippen molar-refractivity contribution in [3.8, 4) is 0 Å². The summed E-state index contributed by atoms with van der Waals surface area (Å²) in [5.74, 6) is 0. The molecule has 1 heterocycles. The Hall–Kier alpha value is -1.22. The van der Waals surface area contributed by atoms with Crippen molar-refractivity contribution < 1.29 is 16.8 Å². The number of nitrogens with two attached hydrogens (primary N) is 1. The largest absolute Gasteiger partial charge is 0.243 e. The second-order valence-corrected chi connectivity index (χ2v) is 8.18. The van der Waals surface area contributed by atoms with Crippen LogP contribution in [0, 0.1) is 0 Å². The zero-order chi connectivity index (χ0) is 15.0. The molecule has 0 amide bonds. The monoisotopic (exact) mass is 316 g/mol. The number of primary sulfonamides is 1. The summed E-state index contributed by atoms with van der Waals surface area (Å²) in [6.45, 7) is 2.64. The Morgan fingerprint density at radius 1 is 1.15 bits per heavy atom. The van der Waals surface area contributed by atoms with Gasteiger partial charge in [0.25, 0.3) is 0 Å². The maximum atomic E-state index is 12.4. The second-order valence-electron chi connectivity index (χ2n) is 4.68. The summed E-state index contributed by atoms with van der Waals surface area (Å²) in [6.07, 6.45) is 2.53. The molecule has 0 saturated carbocycles. The molecule has 0 spiro atoms. The van der Waals surface area contributed by atoms with Crippen LogP contribution in [0.3, 0.4) is 0 Å². The van der Waals surface area contributed by atoms with Crippen molar-refractivity contribution in [3.05, 3.63) is 35.9 Å². The Morgan fingerprint density at radius 3 is 2.35 bits per heavy atom. The number of rotatable bonds is 3. The van der Waals surface area contributed by atoms with E-state index in [9.17, 15) is 16.8 Å². The summed E-state index contributed by atoms with van der Waals surface area (Å²) < 4.78 is 48.8. The van der Waals surface area contributed by atoms with E-state index < -0.39 is 20.0 Å². The SMILES string of the molecule is CC1=CCN(S(=O)(=O)c2cccc(S(N)(=O)=O)c2)CC1. The summed E-state index contributed by atoms with van der Waals surface area (Å²) in [4.78, 5) is -0.265. The maximum absolute atomic E-state index is 12.4. The molecule has 1 aliphatic heterocycles. The van der Waals surface area contributed by atoms with Gasteiger partial charge in [0.2, 0.25) is 20.0 Å². The van der Waals surface area contributed by atoms with Crippen molar-refractivity contribution in [2.45, 2.75) is 23.1 Å². The lowest BCUT2D eigenvalue weighted by atomic mass is 10.1. The second kappa shape index (κ2) is 5.28. The van der Waals surface area contributed by atoms with Crippen molar-refractivity contribution >= 4 is 20.0 Å². The first-order valence-electron chi connectivity index (χ1n) is 6.00. The van der Waals surface area contributed by atoms with E-state index in [1.165, 1.54) is 22.5 Å². The van der Waals surface area contributed by atoms with E-state index in [-0.39, 0.29) is 9.79 Å². The lowest BCUT2D eigenvalue weighted by Crippen LogP contribution is -2.34. The maximum Gasteiger partial charge on any atom is 0.243 e. The first kappa shape index (κ1) is 15.2. The summed E-state index contributed by atoms with van der Waals surface area (Å²) in [6, 6.07) is 5.11. The Bertz CT molecular complexity index is 751. The van der Waals surface area contributed by atoms with Crippen LogP contribution >= 0.6 is 0 Å². The van der Waals surface area contributed by atoms with Gasteiger partial charge in [0, 0.05) is 13.1 Å². The fourth-order valence-electron chi connectivity index (χ4n) is 1.93. The normalized spacial score (nSPS) is 17.8. The molecule has 2 rings (SSSR count). The van der Waals surface area contributed by atoms with E-state index in [2.05, 4.69) is 0 Å². The first-order valence-corrected chi connectivity index (χ1v) is 8.98. The summed E-state index contributed by atoms with van der Waals surface area (Å²) in [7, 11) is -7.62. The Kier molecular flexibility index (Phi) is 4.01. The molecule has 1 aliphatic rings. The van der Waals surface area contributed by atoms with Gasteiger partial charge in [-0.15, -0.1) is 0 Å². The molecule has 0 aromatic heterocycles. The topological polar surface area (TPSA) is 97.5 Å². The molecular weight excluding hydrogens is 300 g/mol. The van der Waals surface area contributed by atoms with Gasteiger partial charge in [0.05, 0.1) is 9.79 Å². The van der Waals surface area contributed by atoms with Gasteiger partial charge in [-0.1, -0.05) is 17.7 Å². The van der Waals surface area contributed by atoms with Crippen molar-refractivity contribution in [1.82, 2.24) is 4.31 Å². The molecule has 8 heteroatoms. The van der Waals surface area contributed by atoms with E-state index in [0.717, 1.165) is 11.6 Å². The zero-order valence-corrected chi connectivity index (χ0v) is 12.6. The smallest absolute Gasteiger partial charge is 0.225 e. The summed E-state index contributed by atoms with van der Waals surface area (Å²) >= 11 is 0. The van der Waals surface area contributed by atoms with Gasteiger partial charge in [0.15, 0.2) is 0 Å². The van der Waals surface area contributed by atoms with Crippen molar-refractivity contribution in [3.63, 3.8) is 0 Å². The third-order valence-corrected chi connectivity index (χ3v) is 5.94. The van der Waals surface area contributed by atoms with E-state index in [4.69, 9.17) is 5.14 Å². The number of sulfonamides is 2. The molecule has 0 fully saturated rings. The van der Waals surface area contributed by atoms with Gasteiger partial charge in [-0.25, -0.2) is 22.0 Å². The predicted molar refractivity (Wildman–Crippen MR) is 74.9 cm³/mol. The number of hydrogen-bond acceptors (Lipinski definition) is 4. The average molecular weight is 316 g/mol. The molecule has 0 saturated heterocycles. The van der Waals surface area contributed by atoms with Crippen LogP contribution in [0.2, 0.25) is 0 Å². The highest BCUT2D eigenvalue weighted by Crippen LogP contribution is 2.22. The minimum atomic E-state index is -3.92. The molecule has 1 aromatic rings. The molecule has 110 valence electrons. The highest BCUT2D eigenvalue weighted by Gasteiger charge is 2.26. The van der Waals surface area contributed by atoms with Crippen LogP contribution in [-0.2, 0) is 20.0 Å². The molecule has 0 radical (unpaired) electrons. The van der Waals surface area contributed by atoms with Gasteiger partial charge in [-0.3, -0.25) is 0 Å². The van der Waals surface area contributed by atoms with E-state index >= 15 is 0 Å². The Labute approximate surface area is 119 Å². The fourth-order valence-corrected chi connectivity index (χ4v) is 3.99. The molecule has 0 unspecified atom stereocenters. The van der Waals surface area contributed by atoms with Gasteiger partial charge in [-0.05, 0) is 31.5 Å². The van der Waals surface area contributed by atoms with Crippen LogP contribution in [0.1, 0.15) is 13.3 Å². The third kappa shape index (κ3) is 3.09. The zero-order valence-electron chi connectivity index (χ0n) is 11.0. The lowest BCUT2D eigenvalue weighted by molar-refractivity contribution is 0.431. The van der Waals surface area contributed by atoms with Gasteiger partial charge in [-0.2, -0.15) is 4.31 Å². The van der Waals surface area contributed by atoms with Crippen LogP contribution in [0.15, 0.2) is 45.7 Å². The summed E-state index contributed by atoms with van der Waals surface area (Å²) in [5.41, 5.74) is 1.15. The molecular formula is C12H16N2O4S2. The Morgan fingerprint density at radius 2 is 1.80 bits per heavy atom. The molecule has 0 bridgehead atoms. The standard InChI is InChI=1S/C12H16N2O4S2/c1-10-5-7-14(8-6-10)20(17,18)12-4-2-3-11(9-12)19(13,15)16/h2-5,9H,6-8H2,1H3,(H2,13,15,16). The number of benzene rings is 1. The Balaban J connectivity index is 2.41. The van der Waals surface area contributed by atoms with E-state index in [0.29, 0.717) is 19.5 Å². The predicted octanol–water partition coefficient (Wildman–Crippen LogP) is 0.675. The van der Waals surface area contributed by atoms with E-state index in [1.54, 1.807) is 0 Å². The fraction of sp³-hybridized carbons (Fsp3) is 0.333. The minimum Gasteiger partial charge on any atom is -0.225 e. The first-order chi connectivity index (χ1) is 9.21. The quantitative estimate of drug-likeness (QED) is 0.829. The van der Waals surface area contributed by atoms with E-state index in [1.807, 2.05) is 13.0 Å². The molecule has 2 N–H and O–H groups in total. The minimum absolute atomic E-state index is 0.0584. The highest BCUT2D eigenvalue weighted by molar-refractivity contribution is 7.90. The van der Waals surface area contributed by atoms with Crippen molar-refractivity contribution in [2.24, 2.45) is 5.14 Å². The molecule has 1 aromatic carbocycles. The van der Waals surface area contributed by atoms with Crippen LogP contribution in [0.25, 0.3) is 0 Å². The van der Waals surface area contributed by atoms with Crippen LogP contribution in [-0.4, -0.2) is 34.2 Å². The molecule has 0 aliphatic carbocycles. The molecule has 20 heavy (non-hydrogen) atoms. The van der Waals surface area contributed by atoms with Crippen LogP contribution < -0.4 is 5.14 Å². The molecule has 0 atom stereocenters. The summed E-state index contributed by atoms with van der Waals surface area (Å²) in [5, 5.41) is 5.02. The van der Waals surface area contributed by atoms with Gasteiger partial charge >= 0.3 is 0 Å². The van der Waals surface area contributed by atoms with Gasteiger partial charge < -0.3 is 0 Å². The third-order valence-electron chi connectivity index (χ3n) is 3.17. The molecule has 6 nitrogen and oxygen atoms in total. The van der Waals surface area contributed by atoms with Crippen LogP contribution in [0.4, 0.5) is 0 Å². The lowest BCUT2D eigenvalue weighted by Gasteiger charge is -2.24. The number of nitrogens with zero attached hydrogens (tertiary/aromatic N) is 1.